The van der Waals surface area contributed by atoms with Gasteiger partial charge in [0.1, 0.15) is 6.33 Å². The van der Waals surface area contributed by atoms with Crippen LogP contribution < -0.4 is 5.32 Å². The molecule has 1 aromatic carbocycles. The second-order valence-electron chi connectivity index (χ2n) is 4.39. The molecule has 0 fully saturated rings. The molecule has 1 N–H and O–H groups in total. The van der Waals surface area contributed by atoms with E-state index in [1.807, 2.05) is 0 Å². The van der Waals surface area contributed by atoms with Crippen LogP contribution in [0.1, 0.15) is 31.7 Å². The summed E-state index contributed by atoms with van der Waals surface area (Å²) in [6, 6.07) is 6.26. The van der Waals surface area contributed by atoms with Crippen LogP contribution in [0.3, 0.4) is 0 Å². The first kappa shape index (κ1) is 12.5. The van der Waals surface area contributed by atoms with Crippen molar-refractivity contribution in [1.29, 1.82) is 0 Å². The lowest BCUT2D eigenvalue weighted by Gasteiger charge is -2.10. The van der Waals surface area contributed by atoms with Crippen LogP contribution in [0.2, 0.25) is 0 Å². The summed E-state index contributed by atoms with van der Waals surface area (Å²) in [5, 5.41) is 14.7. The van der Waals surface area contributed by atoms with Gasteiger partial charge in [-0.1, -0.05) is 25.8 Å². The van der Waals surface area contributed by atoms with Crippen molar-refractivity contribution in [3.63, 3.8) is 0 Å². The van der Waals surface area contributed by atoms with Gasteiger partial charge in [0.2, 0.25) is 0 Å². The van der Waals surface area contributed by atoms with Crippen molar-refractivity contribution in [2.75, 3.05) is 11.9 Å². The first-order chi connectivity index (χ1) is 8.81. The predicted molar refractivity (Wildman–Crippen MR) is 71.9 cm³/mol. The van der Waals surface area contributed by atoms with E-state index in [0.717, 1.165) is 23.5 Å². The molecule has 18 heavy (non-hydrogen) atoms. The molecule has 0 spiro atoms. The molecule has 1 heterocycles. The van der Waals surface area contributed by atoms with Gasteiger partial charge in [-0.25, -0.2) is 4.68 Å². The minimum absolute atomic E-state index is 1.01. The quantitative estimate of drug-likeness (QED) is 0.795. The first-order valence-corrected chi connectivity index (χ1v) is 6.39. The maximum absolute atomic E-state index is 3.93. The topological polar surface area (TPSA) is 55.6 Å². The first-order valence-electron chi connectivity index (χ1n) is 6.39. The van der Waals surface area contributed by atoms with E-state index in [4.69, 9.17) is 0 Å². The summed E-state index contributed by atoms with van der Waals surface area (Å²) in [7, 11) is 0. The molecule has 5 nitrogen and oxygen atoms in total. The molecule has 96 valence electrons. The number of tetrazole rings is 1. The highest BCUT2D eigenvalue weighted by Crippen LogP contribution is 2.18. The Balaban J connectivity index is 2.07. The van der Waals surface area contributed by atoms with Crippen molar-refractivity contribution >= 4 is 5.69 Å². The summed E-state index contributed by atoms with van der Waals surface area (Å²) in [4.78, 5) is 0. The van der Waals surface area contributed by atoms with E-state index >= 15 is 0 Å². The molecule has 1 aromatic heterocycles. The summed E-state index contributed by atoms with van der Waals surface area (Å²) >= 11 is 0. The Kier molecular flexibility index (Phi) is 4.28. The molecule has 0 aliphatic carbocycles. The maximum Gasteiger partial charge on any atom is 0.143 e. The van der Waals surface area contributed by atoms with Crippen molar-refractivity contribution < 1.29 is 0 Å². The minimum Gasteiger partial charge on any atom is -0.385 e. The third kappa shape index (κ3) is 3.06. The fourth-order valence-electron chi connectivity index (χ4n) is 1.85. The molecule has 0 amide bonds. The number of nitrogens with one attached hydrogen (secondary N) is 1. The third-order valence-electron chi connectivity index (χ3n) is 2.91. The highest BCUT2D eigenvalue weighted by molar-refractivity contribution is 5.54. The molecule has 0 aliphatic rings. The van der Waals surface area contributed by atoms with E-state index in [9.17, 15) is 0 Å². The number of hydrogen-bond acceptors (Lipinski definition) is 4. The van der Waals surface area contributed by atoms with E-state index in [1.165, 1.54) is 19.3 Å². The number of aryl methyl sites for hydroxylation is 1. The summed E-state index contributed by atoms with van der Waals surface area (Å²) in [5.74, 6) is 0. The summed E-state index contributed by atoms with van der Waals surface area (Å²) in [5.41, 5.74) is 3.28. The summed E-state index contributed by atoms with van der Waals surface area (Å²) in [6.45, 7) is 5.27. The Hall–Kier alpha value is -1.91. The number of anilines is 1. The number of benzene rings is 1. The number of nitrogens with zero attached hydrogens (tertiary/aromatic N) is 4. The largest absolute Gasteiger partial charge is 0.385 e. The molecule has 5 heteroatoms. The number of aromatic nitrogens is 4. The molecule has 0 bridgehead atoms. The lowest BCUT2D eigenvalue weighted by Crippen LogP contribution is -2.04. The Morgan fingerprint density at radius 2 is 2.17 bits per heavy atom. The van der Waals surface area contributed by atoms with E-state index in [0.29, 0.717) is 0 Å². The lowest BCUT2D eigenvalue weighted by molar-refractivity contribution is 0.743. The highest BCUT2D eigenvalue weighted by atomic mass is 15.5. The molecule has 0 saturated carbocycles. The Morgan fingerprint density at radius 3 is 2.89 bits per heavy atom. The molecular formula is C13H19N5. The number of unbranched alkanes of at least 4 members (excludes halogenated alkanes) is 2. The van der Waals surface area contributed by atoms with Crippen LogP contribution in [0, 0.1) is 6.92 Å². The molecule has 0 saturated heterocycles. The lowest BCUT2D eigenvalue weighted by atomic mass is 10.1. The smallest absolute Gasteiger partial charge is 0.143 e. The van der Waals surface area contributed by atoms with E-state index in [2.05, 4.69) is 52.9 Å². The van der Waals surface area contributed by atoms with Gasteiger partial charge in [-0.05, 0) is 41.5 Å². The van der Waals surface area contributed by atoms with E-state index in [1.54, 1.807) is 11.0 Å². The molecule has 0 radical (unpaired) electrons. The van der Waals surface area contributed by atoms with Crippen molar-refractivity contribution in [1.82, 2.24) is 20.2 Å². The van der Waals surface area contributed by atoms with E-state index < -0.39 is 0 Å². The van der Waals surface area contributed by atoms with Gasteiger partial charge in [0.05, 0.1) is 5.69 Å². The monoisotopic (exact) mass is 245 g/mol. The number of rotatable bonds is 6. The SMILES string of the molecule is CCCCCNc1ccc(C)c(-n2cnnn2)c1. The molecule has 2 rings (SSSR count). The highest BCUT2D eigenvalue weighted by Gasteiger charge is 2.03. The maximum atomic E-state index is 3.93. The van der Waals surface area contributed by atoms with Gasteiger partial charge in [-0.2, -0.15) is 0 Å². The molecular weight excluding hydrogens is 226 g/mol. The summed E-state index contributed by atoms with van der Waals surface area (Å²) in [6.07, 6.45) is 5.32. The Labute approximate surface area is 107 Å². The average Bonchev–Trinajstić information content (AvgIpc) is 2.90. The fourth-order valence-corrected chi connectivity index (χ4v) is 1.85. The van der Waals surface area contributed by atoms with Crippen molar-refractivity contribution in [3.05, 3.63) is 30.1 Å². The van der Waals surface area contributed by atoms with Gasteiger partial charge in [0, 0.05) is 12.2 Å². The minimum atomic E-state index is 1.01. The van der Waals surface area contributed by atoms with Gasteiger partial charge >= 0.3 is 0 Å². The molecule has 0 atom stereocenters. The second-order valence-corrected chi connectivity index (χ2v) is 4.39. The molecule has 0 aliphatic heterocycles. The molecule has 2 aromatic rings. The fraction of sp³-hybridized carbons (Fsp3) is 0.462. The van der Waals surface area contributed by atoms with Crippen LogP contribution in [-0.2, 0) is 0 Å². The normalized spacial score (nSPS) is 10.6. The van der Waals surface area contributed by atoms with Crippen LogP contribution in [0.15, 0.2) is 24.5 Å². The van der Waals surface area contributed by atoms with Crippen molar-refractivity contribution in [3.8, 4) is 5.69 Å². The predicted octanol–water partition coefficient (Wildman–Crippen LogP) is 2.57. The van der Waals surface area contributed by atoms with Gasteiger partial charge in [-0.3, -0.25) is 0 Å². The Morgan fingerprint density at radius 1 is 1.28 bits per heavy atom. The zero-order valence-corrected chi connectivity index (χ0v) is 10.9. The van der Waals surface area contributed by atoms with Crippen LogP contribution in [0.4, 0.5) is 5.69 Å². The van der Waals surface area contributed by atoms with Gasteiger partial charge in [-0.15, -0.1) is 5.10 Å². The number of hydrogen-bond donors (Lipinski definition) is 1. The van der Waals surface area contributed by atoms with Gasteiger partial charge in [0.15, 0.2) is 0 Å². The van der Waals surface area contributed by atoms with Crippen LogP contribution in [0.25, 0.3) is 5.69 Å². The zero-order valence-electron chi connectivity index (χ0n) is 10.9. The van der Waals surface area contributed by atoms with Gasteiger partial charge < -0.3 is 5.32 Å². The van der Waals surface area contributed by atoms with E-state index in [-0.39, 0.29) is 0 Å². The van der Waals surface area contributed by atoms with Crippen LogP contribution in [0.5, 0.6) is 0 Å². The van der Waals surface area contributed by atoms with Crippen LogP contribution in [-0.4, -0.2) is 26.8 Å². The average molecular weight is 245 g/mol. The third-order valence-corrected chi connectivity index (χ3v) is 2.91. The Bertz CT molecular complexity index is 478. The molecule has 0 unspecified atom stereocenters. The van der Waals surface area contributed by atoms with Crippen LogP contribution >= 0.6 is 0 Å². The zero-order chi connectivity index (χ0) is 12.8. The summed E-state index contributed by atoms with van der Waals surface area (Å²) < 4.78 is 1.69. The van der Waals surface area contributed by atoms with Crippen molar-refractivity contribution in [2.45, 2.75) is 33.1 Å². The standard InChI is InChI=1S/C13H19N5/c1-3-4-5-8-14-12-7-6-11(2)13(9-12)18-10-15-16-17-18/h6-7,9-10,14H,3-5,8H2,1-2H3. The van der Waals surface area contributed by atoms with Crippen molar-refractivity contribution in [2.24, 2.45) is 0 Å². The van der Waals surface area contributed by atoms with Gasteiger partial charge in [0.25, 0.3) is 0 Å². The second kappa shape index (κ2) is 6.14.